The maximum atomic E-state index is 12.5. The highest BCUT2D eigenvalue weighted by Crippen LogP contribution is 2.27. The molecule has 7 nitrogen and oxygen atoms in total. The summed E-state index contributed by atoms with van der Waals surface area (Å²) in [7, 11) is 1.54. The first kappa shape index (κ1) is 24.6. The van der Waals surface area contributed by atoms with E-state index in [-0.39, 0.29) is 23.0 Å². The highest BCUT2D eigenvalue weighted by atomic mass is 35.5. The van der Waals surface area contributed by atoms with Crippen LogP contribution in [0.25, 0.3) is 6.08 Å². The van der Waals surface area contributed by atoms with Crippen LogP contribution < -0.4 is 20.1 Å². The van der Waals surface area contributed by atoms with E-state index in [0.29, 0.717) is 27.7 Å². The summed E-state index contributed by atoms with van der Waals surface area (Å²) in [6.07, 6.45) is 1.40. The number of hydrogen-bond acceptors (Lipinski definition) is 5. The standard InChI is InChI=1S/C25H19Cl2N3O4/c1-33-19-9-7-18(8-10-19)29-25(32)17(14-28)12-16-6-11-23(21(27)13-16)34-15-24(31)30-22-5-3-2-4-20(22)26/h2-13H,15H2,1H3,(H,29,32)(H,30,31)/b17-12-. The number of benzene rings is 3. The van der Waals surface area contributed by atoms with Gasteiger partial charge in [0, 0.05) is 5.69 Å². The number of carbonyl (C=O) groups excluding carboxylic acids is 2. The topological polar surface area (TPSA) is 100 Å². The molecule has 0 aliphatic heterocycles. The van der Waals surface area contributed by atoms with Crippen molar-refractivity contribution in [2.45, 2.75) is 0 Å². The van der Waals surface area contributed by atoms with E-state index < -0.39 is 11.8 Å². The quantitative estimate of drug-likeness (QED) is 0.314. The monoisotopic (exact) mass is 495 g/mol. The first-order valence-electron chi connectivity index (χ1n) is 9.93. The minimum atomic E-state index is -0.569. The molecule has 2 amide bonds. The number of methoxy groups -OCH3 is 1. The summed E-state index contributed by atoms with van der Waals surface area (Å²) in [5, 5.41) is 15.3. The zero-order valence-corrected chi connectivity index (χ0v) is 19.5. The van der Waals surface area contributed by atoms with Gasteiger partial charge in [0.25, 0.3) is 11.8 Å². The Balaban J connectivity index is 1.63. The van der Waals surface area contributed by atoms with E-state index >= 15 is 0 Å². The lowest BCUT2D eigenvalue weighted by Gasteiger charge is -2.10. The third-order valence-electron chi connectivity index (χ3n) is 4.49. The van der Waals surface area contributed by atoms with E-state index in [1.807, 2.05) is 6.07 Å². The summed E-state index contributed by atoms with van der Waals surface area (Å²) in [5.74, 6) is -0.0582. The number of rotatable bonds is 8. The van der Waals surface area contributed by atoms with Crippen LogP contribution in [0.3, 0.4) is 0 Å². The fourth-order valence-corrected chi connectivity index (χ4v) is 3.23. The number of nitriles is 1. The third-order valence-corrected chi connectivity index (χ3v) is 5.11. The van der Waals surface area contributed by atoms with E-state index in [9.17, 15) is 14.9 Å². The van der Waals surface area contributed by atoms with Gasteiger partial charge in [-0.2, -0.15) is 5.26 Å². The molecule has 0 spiro atoms. The van der Waals surface area contributed by atoms with Crippen molar-refractivity contribution >= 4 is 52.5 Å². The van der Waals surface area contributed by atoms with Crippen LogP contribution in [0.15, 0.2) is 72.3 Å². The molecule has 0 atom stereocenters. The van der Waals surface area contributed by atoms with Gasteiger partial charge in [-0.1, -0.05) is 41.4 Å². The number of anilines is 2. The molecule has 0 unspecified atom stereocenters. The lowest BCUT2D eigenvalue weighted by Crippen LogP contribution is -2.20. The summed E-state index contributed by atoms with van der Waals surface area (Å²) >= 11 is 12.3. The van der Waals surface area contributed by atoms with Crippen molar-refractivity contribution in [2.24, 2.45) is 0 Å². The summed E-state index contributed by atoms with van der Waals surface area (Å²) in [4.78, 5) is 24.6. The largest absolute Gasteiger partial charge is 0.497 e. The minimum Gasteiger partial charge on any atom is -0.497 e. The van der Waals surface area contributed by atoms with Crippen molar-refractivity contribution in [3.63, 3.8) is 0 Å². The molecule has 3 aromatic rings. The molecule has 0 aromatic heterocycles. The second-order valence-corrected chi connectivity index (χ2v) is 7.67. The van der Waals surface area contributed by atoms with Gasteiger partial charge in [0.1, 0.15) is 23.1 Å². The van der Waals surface area contributed by atoms with Gasteiger partial charge in [0.2, 0.25) is 0 Å². The lowest BCUT2D eigenvalue weighted by molar-refractivity contribution is -0.118. The molecule has 0 heterocycles. The molecule has 172 valence electrons. The lowest BCUT2D eigenvalue weighted by atomic mass is 10.1. The fraction of sp³-hybridized carbons (Fsp3) is 0.0800. The van der Waals surface area contributed by atoms with Crippen LogP contribution in [0, 0.1) is 11.3 Å². The molecule has 3 rings (SSSR count). The molecule has 0 saturated heterocycles. The molecule has 0 bridgehead atoms. The van der Waals surface area contributed by atoms with Crippen LogP contribution in [0.5, 0.6) is 11.5 Å². The van der Waals surface area contributed by atoms with E-state index in [1.54, 1.807) is 67.8 Å². The van der Waals surface area contributed by atoms with Crippen molar-refractivity contribution in [1.29, 1.82) is 5.26 Å². The fourth-order valence-electron chi connectivity index (χ4n) is 2.80. The summed E-state index contributed by atoms with van der Waals surface area (Å²) < 4.78 is 10.6. The van der Waals surface area contributed by atoms with Gasteiger partial charge in [-0.15, -0.1) is 0 Å². The van der Waals surface area contributed by atoms with Gasteiger partial charge in [0.05, 0.1) is 22.8 Å². The Kier molecular flexibility index (Phi) is 8.52. The molecule has 0 fully saturated rings. The molecule has 0 radical (unpaired) electrons. The van der Waals surface area contributed by atoms with Crippen molar-refractivity contribution in [3.8, 4) is 17.6 Å². The van der Waals surface area contributed by atoms with Crippen LogP contribution in [0.1, 0.15) is 5.56 Å². The van der Waals surface area contributed by atoms with Crippen LogP contribution in [0.2, 0.25) is 10.0 Å². The number of ether oxygens (including phenoxy) is 2. The van der Waals surface area contributed by atoms with Gasteiger partial charge in [0.15, 0.2) is 6.61 Å². The van der Waals surface area contributed by atoms with Crippen molar-refractivity contribution in [3.05, 3.63) is 87.9 Å². The van der Waals surface area contributed by atoms with Crippen molar-refractivity contribution in [1.82, 2.24) is 0 Å². The van der Waals surface area contributed by atoms with E-state index in [1.165, 1.54) is 12.1 Å². The Morgan fingerprint density at radius 3 is 2.38 bits per heavy atom. The van der Waals surface area contributed by atoms with E-state index in [2.05, 4.69) is 10.6 Å². The molecule has 0 aliphatic carbocycles. The minimum absolute atomic E-state index is 0.111. The van der Waals surface area contributed by atoms with Crippen LogP contribution >= 0.6 is 23.2 Å². The molecular formula is C25H19Cl2N3O4. The Morgan fingerprint density at radius 2 is 1.74 bits per heavy atom. The average Bonchev–Trinajstić information content (AvgIpc) is 2.83. The van der Waals surface area contributed by atoms with Gasteiger partial charge in [-0.25, -0.2) is 0 Å². The number of carbonyl (C=O) groups is 2. The predicted octanol–water partition coefficient (Wildman–Crippen LogP) is 5.57. The maximum Gasteiger partial charge on any atom is 0.266 e. The summed E-state index contributed by atoms with van der Waals surface area (Å²) in [6.45, 7) is -0.284. The number of para-hydroxylation sites is 1. The van der Waals surface area contributed by atoms with Gasteiger partial charge in [-0.05, 0) is 60.2 Å². The Hall–Kier alpha value is -3.99. The highest BCUT2D eigenvalue weighted by Gasteiger charge is 2.12. The number of hydrogen-bond donors (Lipinski definition) is 2. The van der Waals surface area contributed by atoms with Gasteiger partial charge >= 0.3 is 0 Å². The molecule has 2 N–H and O–H groups in total. The third kappa shape index (κ3) is 6.75. The number of halogens is 2. The second kappa shape index (κ2) is 11.8. The Morgan fingerprint density at radius 1 is 1.00 bits per heavy atom. The van der Waals surface area contributed by atoms with Crippen molar-refractivity contribution in [2.75, 3.05) is 24.4 Å². The summed E-state index contributed by atoms with van der Waals surface area (Å²) in [5.41, 5.74) is 1.39. The van der Waals surface area contributed by atoms with Crippen molar-refractivity contribution < 1.29 is 19.1 Å². The van der Waals surface area contributed by atoms with Gasteiger partial charge in [-0.3, -0.25) is 9.59 Å². The molecule has 34 heavy (non-hydrogen) atoms. The number of nitrogens with zero attached hydrogens (tertiary/aromatic N) is 1. The molecule has 3 aromatic carbocycles. The smallest absolute Gasteiger partial charge is 0.266 e. The van der Waals surface area contributed by atoms with Crippen LogP contribution in [0.4, 0.5) is 11.4 Å². The first-order chi connectivity index (χ1) is 16.4. The normalized spacial score (nSPS) is 10.7. The first-order valence-corrected chi connectivity index (χ1v) is 10.7. The maximum absolute atomic E-state index is 12.5. The zero-order chi connectivity index (χ0) is 24.5. The van der Waals surface area contributed by atoms with E-state index in [0.717, 1.165) is 0 Å². The molecule has 0 saturated carbocycles. The molecule has 0 aliphatic rings. The Labute approximate surface area is 206 Å². The van der Waals surface area contributed by atoms with Crippen LogP contribution in [-0.2, 0) is 9.59 Å². The Bertz CT molecular complexity index is 1270. The van der Waals surface area contributed by atoms with Crippen LogP contribution in [-0.4, -0.2) is 25.5 Å². The summed E-state index contributed by atoms with van der Waals surface area (Å²) in [6, 6.07) is 20.1. The molecular weight excluding hydrogens is 477 g/mol. The average molecular weight is 496 g/mol. The SMILES string of the molecule is COc1ccc(NC(=O)/C(C#N)=C\c2ccc(OCC(=O)Nc3ccccc3Cl)c(Cl)c2)cc1. The predicted molar refractivity (Wildman–Crippen MR) is 132 cm³/mol. The van der Waals surface area contributed by atoms with Gasteiger partial charge < -0.3 is 20.1 Å². The number of nitrogens with one attached hydrogen (secondary N) is 2. The highest BCUT2D eigenvalue weighted by molar-refractivity contribution is 6.33. The molecule has 9 heteroatoms. The number of amides is 2. The zero-order valence-electron chi connectivity index (χ0n) is 18.0. The van der Waals surface area contributed by atoms with E-state index in [4.69, 9.17) is 32.7 Å². The second-order valence-electron chi connectivity index (χ2n) is 6.86.